The summed E-state index contributed by atoms with van der Waals surface area (Å²) >= 11 is 5.29. The van der Waals surface area contributed by atoms with Crippen LogP contribution in [0.5, 0.6) is 0 Å². The van der Waals surface area contributed by atoms with E-state index in [0.717, 1.165) is 42.2 Å². The Balaban J connectivity index is 1.73. The normalized spacial score (nSPS) is 15.5. The summed E-state index contributed by atoms with van der Waals surface area (Å²) in [5.41, 5.74) is 8.39. The predicted octanol–water partition coefficient (Wildman–Crippen LogP) is 2.73. The van der Waals surface area contributed by atoms with E-state index < -0.39 is 0 Å². The van der Waals surface area contributed by atoms with Crippen molar-refractivity contribution in [3.05, 3.63) is 39.8 Å². The Morgan fingerprint density at radius 1 is 1.19 bits per heavy atom. The average molecular weight is 367 g/mol. The number of halogens is 1. The monoisotopic (exact) mass is 366 g/mol. The van der Waals surface area contributed by atoms with Gasteiger partial charge < -0.3 is 15.5 Å². The summed E-state index contributed by atoms with van der Waals surface area (Å²) in [6, 6.07) is 6.49. The van der Waals surface area contributed by atoms with E-state index in [-0.39, 0.29) is 0 Å². The maximum atomic E-state index is 5.74. The first kappa shape index (κ1) is 14.8. The highest BCUT2D eigenvalue weighted by Crippen LogP contribution is 2.28. The Morgan fingerprint density at radius 2 is 1.95 bits per heavy atom. The van der Waals surface area contributed by atoms with Crippen LogP contribution < -0.4 is 15.5 Å². The summed E-state index contributed by atoms with van der Waals surface area (Å²) in [7, 11) is 0. The zero-order chi connectivity index (χ0) is 14.7. The van der Waals surface area contributed by atoms with Crippen LogP contribution in [0, 0.1) is 0 Å². The second-order valence-electron chi connectivity index (χ2n) is 5.10. The third-order valence-electron chi connectivity index (χ3n) is 3.77. The lowest BCUT2D eigenvalue weighted by molar-refractivity contribution is 0.649. The molecule has 1 aliphatic rings. The number of benzene rings is 1. The second-order valence-corrected chi connectivity index (χ2v) is 6.89. The number of hydrogen-bond donors (Lipinski definition) is 1. The van der Waals surface area contributed by atoms with Crippen LogP contribution in [0.4, 0.5) is 10.8 Å². The Bertz CT molecular complexity index is 579. The molecule has 2 aromatic rings. The van der Waals surface area contributed by atoms with Gasteiger partial charge in [0.25, 0.3) is 0 Å². The van der Waals surface area contributed by atoms with E-state index in [2.05, 4.69) is 48.9 Å². The van der Waals surface area contributed by atoms with Gasteiger partial charge in [-0.2, -0.15) is 0 Å². The fourth-order valence-electron chi connectivity index (χ4n) is 2.71. The van der Waals surface area contributed by atoms with Crippen LogP contribution in [-0.2, 0) is 6.42 Å². The summed E-state index contributed by atoms with van der Waals surface area (Å²) in [6.07, 6.45) is 2.80. The molecule has 0 radical (unpaired) electrons. The molecule has 112 valence electrons. The van der Waals surface area contributed by atoms with Crippen molar-refractivity contribution in [1.29, 1.82) is 0 Å². The molecule has 0 spiro atoms. The maximum Gasteiger partial charge on any atom is 0.185 e. The third-order valence-corrected chi connectivity index (χ3v) is 5.10. The largest absolute Gasteiger partial charge is 0.368 e. The number of nitrogens with zero attached hydrogens (tertiary/aromatic N) is 3. The van der Waals surface area contributed by atoms with Gasteiger partial charge in [-0.1, -0.05) is 22.0 Å². The molecule has 0 aliphatic carbocycles. The fraction of sp³-hybridized carbons (Fsp3) is 0.400. The molecule has 0 amide bonds. The molecule has 4 nitrogen and oxygen atoms in total. The molecule has 0 bridgehead atoms. The smallest absolute Gasteiger partial charge is 0.185 e. The summed E-state index contributed by atoms with van der Waals surface area (Å²) in [6.45, 7) is 4.76. The zero-order valence-electron chi connectivity index (χ0n) is 11.8. The number of rotatable bonds is 4. The van der Waals surface area contributed by atoms with Crippen LogP contribution in [0.1, 0.15) is 5.56 Å². The first-order chi connectivity index (χ1) is 10.3. The van der Waals surface area contributed by atoms with Gasteiger partial charge in [0.1, 0.15) is 0 Å². The first-order valence-corrected chi connectivity index (χ1v) is 8.83. The van der Waals surface area contributed by atoms with Gasteiger partial charge in [0.15, 0.2) is 5.13 Å². The van der Waals surface area contributed by atoms with Crippen LogP contribution in [0.3, 0.4) is 0 Å². The van der Waals surface area contributed by atoms with Crippen molar-refractivity contribution in [1.82, 2.24) is 4.98 Å². The van der Waals surface area contributed by atoms with E-state index in [1.165, 1.54) is 11.3 Å². The molecule has 3 rings (SSSR count). The molecular weight excluding hydrogens is 348 g/mol. The molecule has 0 unspecified atom stereocenters. The minimum Gasteiger partial charge on any atom is -0.368 e. The Kier molecular flexibility index (Phi) is 4.77. The SMILES string of the molecule is NCCc1ccc(Br)cc1N1CCN(c2nccs2)CC1. The summed E-state index contributed by atoms with van der Waals surface area (Å²) in [5.74, 6) is 0. The molecule has 6 heteroatoms. The van der Waals surface area contributed by atoms with Crippen molar-refractivity contribution in [3.8, 4) is 0 Å². The molecule has 2 heterocycles. The number of hydrogen-bond acceptors (Lipinski definition) is 5. The van der Waals surface area contributed by atoms with Crippen molar-refractivity contribution in [2.24, 2.45) is 5.73 Å². The average Bonchev–Trinajstić information content (AvgIpc) is 3.04. The van der Waals surface area contributed by atoms with Crippen molar-refractivity contribution >= 4 is 38.1 Å². The number of piperazine rings is 1. The van der Waals surface area contributed by atoms with Gasteiger partial charge in [0.2, 0.25) is 0 Å². The van der Waals surface area contributed by atoms with Crippen molar-refractivity contribution in [2.75, 3.05) is 42.5 Å². The van der Waals surface area contributed by atoms with E-state index >= 15 is 0 Å². The van der Waals surface area contributed by atoms with Crippen LogP contribution in [0.25, 0.3) is 0 Å². The Morgan fingerprint density at radius 3 is 2.62 bits per heavy atom. The second kappa shape index (κ2) is 6.77. The van der Waals surface area contributed by atoms with Gasteiger partial charge in [0, 0.05) is 47.9 Å². The minimum absolute atomic E-state index is 0.688. The van der Waals surface area contributed by atoms with Gasteiger partial charge >= 0.3 is 0 Å². The van der Waals surface area contributed by atoms with Gasteiger partial charge in [-0.25, -0.2) is 4.98 Å². The lowest BCUT2D eigenvalue weighted by Gasteiger charge is -2.37. The molecule has 1 aliphatic heterocycles. The highest BCUT2D eigenvalue weighted by molar-refractivity contribution is 9.10. The maximum absolute atomic E-state index is 5.74. The van der Waals surface area contributed by atoms with E-state index in [0.29, 0.717) is 6.54 Å². The molecule has 1 fully saturated rings. The topological polar surface area (TPSA) is 45.4 Å². The summed E-state index contributed by atoms with van der Waals surface area (Å²) in [5, 5.41) is 3.17. The predicted molar refractivity (Wildman–Crippen MR) is 93.4 cm³/mol. The van der Waals surface area contributed by atoms with Crippen molar-refractivity contribution < 1.29 is 0 Å². The van der Waals surface area contributed by atoms with E-state index in [1.807, 2.05) is 11.6 Å². The van der Waals surface area contributed by atoms with Crippen LogP contribution in [0.15, 0.2) is 34.2 Å². The van der Waals surface area contributed by atoms with Crippen molar-refractivity contribution in [2.45, 2.75) is 6.42 Å². The van der Waals surface area contributed by atoms with E-state index in [9.17, 15) is 0 Å². The van der Waals surface area contributed by atoms with Crippen molar-refractivity contribution in [3.63, 3.8) is 0 Å². The molecule has 1 aromatic carbocycles. The van der Waals surface area contributed by atoms with Crippen LogP contribution in [0.2, 0.25) is 0 Å². The molecule has 1 aromatic heterocycles. The Hall–Kier alpha value is -1.11. The zero-order valence-corrected chi connectivity index (χ0v) is 14.2. The molecule has 0 saturated carbocycles. The summed E-state index contributed by atoms with van der Waals surface area (Å²) < 4.78 is 1.13. The molecular formula is C15H19BrN4S. The molecule has 2 N–H and O–H groups in total. The number of anilines is 2. The van der Waals surface area contributed by atoms with Crippen LogP contribution >= 0.6 is 27.3 Å². The van der Waals surface area contributed by atoms with E-state index in [4.69, 9.17) is 5.73 Å². The fourth-order valence-corrected chi connectivity index (χ4v) is 3.75. The molecule has 21 heavy (non-hydrogen) atoms. The number of thiazole rings is 1. The third kappa shape index (κ3) is 3.39. The van der Waals surface area contributed by atoms with Gasteiger partial charge in [-0.3, -0.25) is 0 Å². The highest BCUT2D eigenvalue weighted by atomic mass is 79.9. The molecule has 0 atom stereocenters. The standard InChI is InChI=1S/C15H19BrN4S/c16-13-2-1-12(3-4-17)14(11-13)19-6-8-20(9-7-19)15-18-5-10-21-15/h1-2,5,10-11H,3-4,6-9,17H2. The lowest BCUT2D eigenvalue weighted by atomic mass is 10.1. The van der Waals surface area contributed by atoms with E-state index in [1.54, 1.807) is 11.3 Å². The van der Waals surface area contributed by atoms with Gasteiger partial charge in [-0.05, 0) is 30.7 Å². The number of aromatic nitrogens is 1. The minimum atomic E-state index is 0.688. The highest BCUT2D eigenvalue weighted by Gasteiger charge is 2.20. The van der Waals surface area contributed by atoms with Crippen LogP contribution in [-0.4, -0.2) is 37.7 Å². The van der Waals surface area contributed by atoms with Gasteiger partial charge in [-0.15, -0.1) is 11.3 Å². The number of nitrogens with two attached hydrogens (primary N) is 1. The van der Waals surface area contributed by atoms with Gasteiger partial charge in [0.05, 0.1) is 0 Å². The quantitative estimate of drug-likeness (QED) is 0.903. The first-order valence-electron chi connectivity index (χ1n) is 7.16. The lowest BCUT2D eigenvalue weighted by Crippen LogP contribution is -2.46. The Labute approximate surface area is 137 Å². The molecule has 1 saturated heterocycles. The summed E-state index contributed by atoms with van der Waals surface area (Å²) in [4.78, 5) is 9.22.